The Labute approximate surface area is 183 Å². The number of hydrogen-bond acceptors (Lipinski definition) is 4. The maximum Gasteiger partial charge on any atom is 0.253 e. The van der Waals surface area contributed by atoms with Gasteiger partial charge in [0.1, 0.15) is 5.75 Å². The van der Waals surface area contributed by atoms with Gasteiger partial charge in [0.05, 0.1) is 25.1 Å². The van der Waals surface area contributed by atoms with Crippen LogP contribution in [0.3, 0.4) is 0 Å². The molecule has 1 N–H and O–H groups in total. The van der Waals surface area contributed by atoms with Crippen molar-refractivity contribution in [3.05, 3.63) is 59.7 Å². The van der Waals surface area contributed by atoms with Crippen LogP contribution in [0.4, 0.5) is 5.69 Å². The van der Waals surface area contributed by atoms with Crippen LogP contribution in [0.1, 0.15) is 28.8 Å². The molecule has 7 nitrogen and oxygen atoms in total. The molecule has 31 heavy (non-hydrogen) atoms. The average Bonchev–Trinajstić information content (AvgIpc) is 2.79. The Bertz CT molecular complexity index is 943. The molecule has 1 atom stereocenters. The van der Waals surface area contributed by atoms with E-state index in [9.17, 15) is 14.4 Å². The number of anilines is 1. The summed E-state index contributed by atoms with van der Waals surface area (Å²) in [6, 6.07) is 14.6. The molecular weight excluding hydrogens is 394 g/mol. The van der Waals surface area contributed by atoms with Crippen molar-refractivity contribution in [2.24, 2.45) is 5.92 Å². The molecule has 2 aromatic rings. The Morgan fingerprint density at radius 2 is 1.87 bits per heavy atom. The van der Waals surface area contributed by atoms with E-state index in [1.807, 2.05) is 30.3 Å². The fourth-order valence-corrected chi connectivity index (χ4v) is 3.73. The molecule has 0 bridgehead atoms. The molecule has 0 spiro atoms. The van der Waals surface area contributed by atoms with Crippen molar-refractivity contribution in [1.29, 1.82) is 0 Å². The molecule has 1 heterocycles. The lowest BCUT2D eigenvalue weighted by Gasteiger charge is -2.32. The van der Waals surface area contributed by atoms with Crippen molar-refractivity contribution in [3.8, 4) is 5.75 Å². The summed E-state index contributed by atoms with van der Waals surface area (Å²) in [4.78, 5) is 41.2. The maximum atomic E-state index is 13.0. The van der Waals surface area contributed by atoms with Gasteiger partial charge in [-0.05, 0) is 36.6 Å². The number of nitrogens with one attached hydrogen (secondary N) is 1. The highest BCUT2D eigenvalue weighted by atomic mass is 16.5. The third-order valence-corrected chi connectivity index (χ3v) is 5.45. The second kappa shape index (κ2) is 10.1. The number of likely N-dealkylation sites (tertiary alicyclic amines) is 1. The first-order valence-electron chi connectivity index (χ1n) is 10.4. The van der Waals surface area contributed by atoms with Gasteiger partial charge in [0.2, 0.25) is 11.8 Å². The minimum atomic E-state index is -0.314. The third kappa shape index (κ3) is 5.63. The Morgan fingerprint density at radius 3 is 2.55 bits per heavy atom. The van der Waals surface area contributed by atoms with E-state index in [0.29, 0.717) is 42.9 Å². The van der Waals surface area contributed by atoms with Crippen LogP contribution in [0.5, 0.6) is 5.75 Å². The van der Waals surface area contributed by atoms with Crippen molar-refractivity contribution in [2.75, 3.05) is 39.6 Å². The van der Waals surface area contributed by atoms with Crippen molar-refractivity contribution in [2.45, 2.75) is 19.3 Å². The third-order valence-electron chi connectivity index (χ3n) is 5.45. The van der Waals surface area contributed by atoms with E-state index in [1.165, 1.54) is 12.0 Å². The van der Waals surface area contributed by atoms with Crippen molar-refractivity contribution in [1.82, 2.24) is 9.80 Å². The Kier molecular flexibility index (Phi) is 7.28. The SMILES string of the molecule is COc1ccc(C(=O)N(C)C)cc1NC(=O)C1CCCN(C(=O)Cc2ccccc2)C1. The fourth-order valence-electron chi connectivity index (χ4n) is 3.73. The Morgan fingerprint density at radius 1 is 1.13 bits per heavy atom. The van der Waals surface area contributed by atoms with Crippen molar-refractivity contribution in [3.63, 3.8) is 0 Å². The largest absolute Gasteiger partial charge is 0.495 e. The molecular formula is C24H29N3O4. The highest BCUT2D eigenvalue weighted by Gasteiger charge is 2.29. The van der Waals surface area contributed by atoms with Crippen LogP contribution >= 0.6 is 0 Å². The van der Waals surface area contributed by atoms with Crippen molar-refractivity contribution >= 4 is 23.4 Å². The zero-order valence-electron chi connectivity index (χ0n) is 18.3. The molecule has 164 valence electrons. The predicted octanol–water partition coefficient (Wildman–Crippen LogP) is 2.82. The number of benzene rings is 2. The first-order chi connectivity index (χ1) is 14.9. The van der Waals surface area contributed by atoms with Gasteiger partial charge in [0.15, 0.2) is 0 Å². The normalized spacial score (nSPS) is 15.8. The van der Waals surface area contributed by atoms with Crippen LogP contribution in [0.2, 0.25) is 0 Å². The zero-order chi connectivity index (χ0) is 22.4. The molecule has 1 unspecified atom stereocenters. The Balaban J connectivity index is 1.68. The van der Waals surface area contributed by atoms with Crippen LogP contribution < -0.4 is 10.1 Å². The first-order valence-corrected chi connectivity index (χ1v) is 10.4. The molecule has 0 radical (unpaired) electrons. The van der Waals surface area contributed by atoms with Crippen molar-refractivity contribution < 1.29 is 19.1 Å². The van der Waals surface area contributed by atoms with E-state index >= 15 is 0 Å². The summed E-state index contributed by atoms with van der Waals surface area (Å²) < 4.78 is 5.35. The lowest BCUT2D eigenvalue weighted by molar-refractivity contribution is -0.133. The molecule has 3 rings (SSSR count). The molecule has 1 fully saturated rings. The van der Waals surface area contributed by atoms with Gasteiger partial charge in [0, 0.05) is 32.7 Å². The van der Waals surface area contributed by atoms with Crippen LogP contribution in [-0.4, -0.2) is 61.8 Å². The molecule has 7 heteroatoms. The lowest BCUT2D eigenvalue weighted by Crippen LogP contribution is -2.44. The number of carbonyl (C=O) groups is 3. The predicted molar refractivity (Wildman–Crippen MR) is 119 cm³/mol. The number of ether oxygens (including phenoxy) is 1. The summed E-state index contributed by atoms with van der Waals surface area (Å²) in [6.07, 6.45) is 1.81. The number of piperidine rings is 1. The van der Waals surface area contributed by atoms with E-state index < -0.39 is 0 Å². The molecule has 1 aliphatic heterocycles. The van der Waals surface area contributed by atoms with Crippen LogP contribution in [0.15, 0.2) is 48.5 Å². The van der Waals surface area contributed by atoms with Crippen LogP contribution in [-0.2, 0) is 16.0 Å². The molecule has 3 amide bonds. The van der Waals surface area contributed by atoms with Crippen LogP contribution in [0, 0.1) is 5.92 Å². The molecule has 2 aromatic carbocycles. The van der Waals surface area contributed by atoms with Gasteiger partial charge in [0.25, 0.3) is 5.91 Å². The van der Waals surface area contributed by atoms with Gasteiger partial charge in [-0.2, -0.15) is 0 Å². The maximum absolute atomic E-state index is 13.0. The van der Waals surface area contributed by atoms with Gasteiger partial charge < -0.3 is 19.9 Å². The van der Waals surface area contributed by atoms with E-state index in [4.69, 9.17) is 4.74 Å². The second-order valence-corrected chi connectivity index (χ2v) is 7.95. The van der Waals surface area contributed by atoms with E-state index in [2.05, 4.69) is 5.32 Å². The van der Waals surface area contributed by atoms with Gasteiger partial charge in [-0.3, -0.25) is 14.4 Å². The van der Waals surface area contributed by atoms with E-state index in [1.54, 1.807) is 37.2 Å². The minimum Gasteiger partial charge on any atom is -0.495 e. The molecule has 1 saturated heterocycles. The van der Waals surface area contributed by atoms with Crippen LogP contribution in [0.25, 0.3) is 0 Å². The standard InChI is InChI=1S/C24H29N3O4/c1-26(2)24(30)18-11-12-21(31-3)20(15-18)25-23(29)19-10-7-13-27(16-19)22(28)14-17-8-5-4-6-9-17/h4-6,8-9,11-12,15,19H,7,10,13-14,16H2,1-3H3,(H,25,29). The lowest BCUT2D eigenvalue weighted by atomic mass is 9.96. The number of hydrogen-bond donors (Lipinski definition) is 1. The van der Waals surface area contributed by atoms with E-state index in [0.717, 1.165) is 12.0 Å². The minimum absolute atomic E-state index is 0.0276. The summed E-state index contributed by atoms with van der Waals surface area (Å²) in [6.45, 7) is 1.04. The second-order valence-electron chi connectivity index (χ2n) is 7.95. The molecule has 0 aliphatic carbocycles. The fraction of sp³-hybridized carbons (Fsp3) is 0.375. The van der Waals surface area contributed by atoms with Gasteiger partial charge in [-0.25, -0.2) is 0 Å². The summed E-state index contributed by atoms with van der Waals surface area (Å²) in [5, 5.41) is 2.90. The number of methoxy groups -OCH3 is 1. The number of carbonyl (C=O) groups excluding carboxylic acids is 3. The topological polar surface area (TPSA) is 79.0 Å². The number of rotatable bonds is 6. The van der Waals surface area contributed by atoms with E-state index in [-0.39, 0.29) is 23.6 Å². The number of amides is 3. The quantitative estimate of drug-likeness (QED) is 0.775. The summed E-state index contributed by atoms with van der Waals surface area (Å²) >= 11 is 0. The van der Waals surface area contributed by atoms with Gasteiger partial charge in [-0.1, -0.05) is 30.3 Å². The molecule has 0 aromatic heterocycles. The summed E-state index contributed by atoms with van der Waals surface area (Å²) in [7, 11) is 4.87. The smallest absolute Gasteiger partial charge is 0.253 e. The summed E-state index contributed by atoms with van der Waals surface area (Å²) in [5.74, 6) is -0.138. The summed E-state index contributed by atoms with van der Waals surface area (Å²) in [5.41, 5.74) is 1.88. The van der Waals surface area contributed by atoms with Gasteiger partial charge in [-0.15, -0.1) is 0 Å². The monoisotopic (exact) mass is 423 g/mol. The number of nitrogens with zero attached hydrogens (tertiary/aromatic N) is 2. The highest BCUT2D eigenvalue weighted by molar-refractivity contribution is 5.99. The Hall–Kier alpha value is -3.35. The van der Waals surface area contributed by atoms with Gasteiger partial charge >= 0.3 is 0 Å². The highest BCUT2D eigenvalue weighted by Crippen LogP contribution is 2.28. The first kappa shape index (κ1) is 22.3. The zero-order valence-corrected chi connectivity index (χ0v) is 18.3. The molecule has 1 aliphatic rings. The molecule has 0 saturated carbocycles. The average molecular weight is 424 g/mol.